The first-order valence-corrected chi connectivity index (χ1v) is 11.2. The number of nitrogens with zero attached hydrogens (tertiary/aromatic N) is 4. The summed E-state index contributed by atoms with van der Waals surface area (Å²) in [5.41, 5.74) is 7.28. The van der Waals surface area contributed by atoms with Gasteiger partial charge in [0.15, 0.2) is 5.82 Å². The minimum atomic E-state index is -4.25. The number of carbonyl (C=O) groups is 1. The number of aromatic nitrogens is 2. The summed E-state index contributed by atoms with van der Waals surface area (Å²) in [5, 5.41) is 2.93. The average molecular weight is 490 g/mol. The number of rotatable bonds is 5. The van der Waals surface area contributed by atoms with E-state index in [4.69, 9.17) is 15.2 Å². The van der Waals surface area contributed by atoms with Gasteiger partial charge >= 0.3 is 6.18 Å². The molecule has 0 saturated carbocycles. The first-order valence-electron chi connectivity index (χ1n) is 11.2. The summed E-state index contributed by atoms with van der Waals surface area (Å²) in [5.74, 6) is 0.349. The van der Waals surface area contributed by atoms with E-state index in [0.717, 1.165) is 17.5 Å². The second kappa shape index (κ2) is 9.00. The average Bonchev–Trinajstić information content (AvgIpc) is 3.17. The van der Waals surface area contributed by atoms with Gasteiger partial charge in [0, 0.05) is 62.8 Å². The van der Waals surface area contributed by atoms with Crippen LogP contribution in [0.15, 0.2) is 36.8 Å². The molecule has 0 radical (unpaired) electrons. The standard InChI is InChI=1S/C23H25F3N6O3/c24-23(25,26)14-31-12-22(13-31)10-15-8-17(18(9-19(15)35-22)32-4-6-34-7-5-32)30-21(33)16(11-27)20-28-2-1-3-29-20/h1-3,8-9,11H,4-7,10,12-14,27H2,(H,30,33)/b16-11+. The third-order valence-corrected chi connectivity index (χ3v) is 6.26. The Kier molecular flexibility index (Phi) is 6.01. The molecule has 2 fully saturated rings. The summed E-state index contributed by atoms with van der Waals surface area (Å²) in [4.78, 5) is 24.7. The number of halogens is 3. The van der Waals surface area contributed by atoms with Crippen LogP contribution in [0.1, 0.15) is 11.4 Å². The minimum Gasteiger partial charge on any atom is -0.484 e. The molecular weight excluding hydrogens is 465 g/mol. The molecule has 0 bridgehead atoms. The van der Waals surface area contributed by atoms with Crippen LogP contribution >= 0.6 is 0 Å². The molecule has 35 heavy (non-hydrogen) atoms. The van der Waals surface area contributed by atoms with Gasteiger partial charge in [-0.05, 0) is 12.1 Å². The van der Waals surface area contributed by atoms with Gasteiger partial charge < -0.3 is 25.4 Å². The Morgan fingerprint density at radius 3 is 2.57 bits per heavy atom. The zero-order chi connectivity index (χ0) is 24.6. The van der Waals surface area contributed by atoms with Crippen LogP contribution < -0.4 is 20.7 Å². The van der Waals surface area contributed by atoms with Crippen LogP contribution in [0.3, 0.4) is 0 Å². The topological polar surface area (TPSA) is 106 Å². The van der Waals surface area contributed by atoms with Gasteiger partial charge in [0.2, 0.25) is 0 Å². The number of ether oxygens (including phenoxy) is 2. The lowest BCUT2D eigenvalue weighted by Gasteiger charge is -2.47. The van der Waals surface area contributed by atoms with Crippen LogP contribution in [0.4, 0.5) is 24.5 Å². The molecule has 2 saturated heterocycles. The number of carbonyl (C=O) groups excluding carboxylic acids is 1. The normalized spacial score (nSPS) is 19.7. The summed E-state index contributed by atoms with van der Waals surface area (Å²) in [7, 11) is 0. The van der Waals surface area contributed by atoms with Crippen LogP contribution in [-0.2, 0) is 16.0 Å². The molecule has 1 aromatic heterocycles. The second-order valence-corrected chi connectivity index (χ2v) is 8.91. The third kappa shape index (κ3) is 4.89. The molecule has 0 unspecified atom stereocenters. The maximum Gasteiger partial charge on any atom is 0.401 e. The van der Waals surface area contributed by atoms with Crippen LogP contribution in [0.25, 0.3) is 5.57 Å². The molecule has 3 N–H and O–H groups in total. The summed E-state index contributed by atoms with van der Waals surface area (Å²) in [6, 6.07) is 5.32. The van der Waals surface area contributed by atoms with Crippen molar-refractivity contribution in [2.24, 2.45) is 5.73 Å². The van der Waals surface area contributed by atoms with Gasteiger partial charge in [0.1, 0.15) is 11.4 Å². The van der Waals surface area contributed by atoms with Crippen LogP contribution in [0, 0.1) is 0 Å². The molecule has 3 aliphatic heterocycles. The monoisotopic (exact) mass is 490 g/mol. The van der Waals surface area contributed by atoms with E-state index in [1.165, 1.54) is 17.3 Å². The van der Waals surface area contributed by atoms with Crippen LogP contribution in [0.2, 0.25) is 0 Å². The first kappa shape index (κ1) is 23.4. The Morgan fingerprint density at radius 2 is 1.91 bits per heavy atom. The van der Waals surface area contributed by atoms with E-state index in [9.17, 15) is 18.0 Å². The van der Waals surface area contributed by atoms with Gasteiger partial charge in [-0.1, -0.05) is 0 Å². The molecule has 0 atom stereocenters. The number of alkyl halides is 3. The summed E-state index contributed by atoms with van der Waals surface area (Å²) < 4.78 is 49.9. The van der Waals surface area contributed by atoms with Gasteiger partial charge in [-0.2, -0.15) is 13.2 Å². The van der Waals surface area contributed by atoms with Crippen LogP contribution in [-0.4, -0.2) is 78.5 Å². The largest absolute Gasteiger partial charge is 0.484 e. The van der Waals surface area contributed by atoms with E-state index in [2.05, 4.69) is 20.2 Å². The minimum absolute atomic E-state index is 0.119. The van der Waals surface area contributed by atoms with Gasteiger partial charge in [0.05, 0.1) is 36.7 Å². The maximum atomic E-state index is 13.1. The Morgan fingerprint density at radius 1 is 1.20 bits per heavy atom. The number of anilines is 2. The number of amides is 1. The van der Waals surface area contributed by atoms with Crippen molar-refractivity contribution in [1.29, 1.82) is 0 Å². The van der Waals surface area contributed by atoms with Gasteiger partial charge in [-0.25, -0.2) is 9.97 Å². The first-order chi connectivity index (χ1) is 16.8. The molecule has 186 valence electrons. The van der Waals surface area contributed by atoms with Crippen molar-refractivity contribution in [2.45, 2.75) is 18.2 Å². The van der Waals surface area contributed by atoms with E-state index < -0.39 is 24.2 Å². The lowest BCUT2D eigenvalue weighted by Crippen LogP contribution is -2.65. The smallest absolute Gasteiger partial charge is 0.401 e. The Bertz CT molecular complexity index is 1130. The van der Waals surface area contributed by atoms with Crippen molar-refractivity contribution in [1.82, 2.24) is 14.9 Å². The number of nitrogens with two attached hydrogens (primary N) is 1. The Hall–Kier alpha value is -3.38. The van der Waals surface area contributed by atoms with Gasteiger partial charge in [0.25, 0.3) is 5.91 Å². The molecule has 9 nitrogen and oxygen atoms in total. The number of hydrogen-bond acceptors (Lipinski definition) is 8. The molecule has 1 aromatic carbocycles. The molecular formula is C23H25F3N6O3. The Labute approximate surface area is 199 Å². The van der Waals surface area contributed by atoms with E-state index in [-0.39, 0.29) is 24.5 Å². The number of hydrogen-bond donors (Lipinski definition) is 2. The summed E-state index contributed by atoms with van der Waals surface area (Å²) in [6.45, 7) is 1.74. The predicted molar refractivity (Wildman–Crippen MR) is 122 cm³/mol. The lowest BCUT2D eigenvalue weighted by atomic mass is 9.89. The SMILES string of the molecule is N/C=C(/C(=O)Nc1cc2c(cc1N1CCOCC1)OC1(C2)CN(CC(F)(F)F)C1)c1ncccn1. The summed E-state index contributed by atoms with van der Waals surface area (Å²) >= 11 is 0. The molecule has 0 aliphatic carbocycles. The van der Waals surface area contributed by atoms with Crippen molar-refractivity contribution in [3.8, 4) is 5.75 Å². The third-order valence-electron chi connectivity index (χ3n) is 6.26. The number of nitrogens with one attached hydrogen (secondary N) is 1. The molecule has 3 aliphatic rings. The van der Waals surface area contributed by atoms with E-state index in [1.807, 2.05) is 12.1 Å². The fourth-order valence-corrected chi connectivity index (χ4v) is 4.82. The van der Waals surface area contributed by atoms with Gasteiger partial charge in [-0.15, -0.1) is 0 Å². The van der Waals surface area contributed by atoms with Crippen LogP contribution in [0.5, 0.6) is 5.75 Å². The highest BCUT2D eigenvalue weighted by Crippen LogP contribution is 2.45. The highest BCUT2D eigenvalue weighted by Gasteiger charge is 2.52. The number of benzene rings is 1. The van der Waals surface area contributed by atoms with E-state index >= 15 is 0 Å². The molecule has 1 amide bonds. The van der Waals surface area contributed by atoms with Crippen molar-refractivity contribution >= 4 is 22.9 Å². The molecule has 2 aromatic rings. The highest BCUT2D eigenvalue weighted by molar-refractivity contribution is 6.24. The fraction of sp³-hybridized carbons (Fsp3) is 0.435. The second-order valence-electron chi connectivity index (χ2n) is 8.91. The van der Waals surface area contributed by atoms with Crippen molar-refractivity contribution in [3.05, 3.63) is 48.2 Å². The molecule has 12 heteroatoms. The van der Waals surface area contributed by atoms with Gasteiger partial charge in [-0.3, -0.25) is 9.69 Å². The number of morpholine rings is 1. The number of likely N-dealkylation sites (tertiary alicyclic amines) is 1. The quantitative estimate of drug-likeness (QED) is 0.612. The fourth-order valence-electron chi connectivity index (χ4n) is 4.82. The van der Waals surface area contributed by atoms with Crippen molar-refractivity contribution < 1.29 is 27.4 Å². The molecule has 4 heterocycles. The summed E-state index contributed by atoms with van der Waals surface area (Å²) in [6.07, 6.45) is 0.416. The molecule has 5 rings (SSSR count). The van der Waals surface area contributed by atoms with E-state index in [0.29, 0.717) is 44.2 Å². The zero-order valence-corrected chi connectivity index (χ0v) is 18.8. The maximum absolute atomic E-state index is 13.1. The molecule has 1 spiro atoms. The van der Waals surface area contributed by atoms with E-state index in [1.54, 1.807) is 6.07 Å². The Balaban J connectivity index is 1.40. The number of fused-ring (bicyclic) bond motifs is 1. The zero-order valence-electron chi connectivity index (χ0n) is 18.8. The lowest BCUT2D eigenvalue weighted by molar-refractivity contribution is -0.176. The van der Waals surface area contributed by atoms with Crippen molar-refractivity contribution in [2.75, 3.05) is 56.2 Å². The predicted octanol–water partition coefficient (Wildman–Crippen LogP) is 1.80. The van der Waals surface area contributed by atoms with Crippen molar-refractivity contribution in [3.63, 3.8) is 0 Å². The highest BCUT2D eigenvalue weighted by atomic mass is 19.4.